The third-order valence-corrected chi connectivity index (χ3v) is 2.18. The summed E-state index contributed by atoms with van der Waals surface area (Å²) in [5.41, 5.74) is 2.34. The molecule has 0 radical (unpaired) electrons. The van der Waals surface area contributed by atoms with Crippen LogP contribution in [0.4, 0.5) is 0 Å². The smallest absolute Gasteiger partial charge is 0.233 e. The molecule has 0 fully saturated rings. The molecule has 0 N–H and O–H groups in total. The van der Waals surface area contributed by atoms with E-state index in [2.05, 4.69) is 30.0 Å². The van der Waals surface area contributed by atoms with Gasteiger partial charge < -0.3 is 0 Å². The van der Waals surface area contributed by atoms with Gasteiger partial charge in [0.2, 0.25) is 5.78 Å². The maximum Gasteiger partial charge on any atom is 0.233 e. The third kappa shape index (κ3) is 1.41. The van der Waals surface area contributed by atoms with Crippen molar-refractivity contribution < 1.29 is 0 Å². The molecular weight excluding hydrogens is 162 g/mol. The van der Waals surface area contributed by atoms with Crippen molar-refractivity contribution in [2.45, 2.75) is 26.7 Å². The number of rotatable bonds is 2. The van der Waals surface area contributed by atoms with E-state index in [1.807, 2.05) is 16.8 Å². The molecule has 68 valence electrons. The van der Waals surface area contributed by atoms with Gasteiger partial charge in [0.05, 0.1) is 5.69 Å². The SMILES string of the molecule is CCc1cnc2nc(CC)cn2c1. The fourth-order valence-electron chi connectivity index (χ4n) is 1.33. The van der Waals surface area contributed by atoms with Crippen LogP contribution in [0.3, 0.4) is 0 Å². The first kappa shape index (κ1) is 8.23. The molecule has 2 aromatic heterocycles. The van der Waals surface area contributed by atoms with Gasteiger partial charge in [-0.25, -0.2) is 9.97 Å². The second kappa shape index (κ2) is 3.17. The Balaban J connectivity index is 2.57. The lowest BCUT2D eigenvalue weighted by Crippen LogP contribution is -1.90. The van der Waals surface area contributed by atoms with Gasteiger partial charge in [-0.1, -0.05) is 13.8 Å². The summed E-state index contributed by atoms with van der Waals surface area (Å²) in [5, 5.41) is 0. The van der Waals surface area contributed by atoms with Crippen LogP contribution in [0, 0.1) is 0 Å². The van der Waals surface area contributed by atoms with Gasteiger partial charge in [0.15, 0.2) is 0 Å². The zero-order valence-corrected chi connectivity index (χ0v) is 7.99. The predicted molar refractivity (Wildman–Crippen MR) is 51.7 cm³/mol. The predicted octanol–water partition coefficient (Wildman–Crippen LogP) is 1.85. The van der Waals surface area contributed by atoms with Crippen molar-refractivity contribution in [1.29, 1.82) is 0 Å². The molecule has 0 aliphatic heterocycles. The highest BCUT2D eigenvalue weighted by Gasteiger charge is 2.00. The van der Waals surface area contributed by atoms with Crippen molar-refractivity contribution in [3.05, 3.63) is 29.8 Å². The highest BCUT2D eigenvalue weighted by Crippen LogP contribution is 2.05. The van der Waals surface area contributed by atoms with Crippen LogP contribution in [-0.4, -0.2) is 14.4 Å². The molecule has 2 aromatic rings. The number of aromatic nitrogens is 3. The maximum atomic E-state index is 4.36. The lowest BCUT2D eigenvalue weighted by Gasteiger charge is -1.95. The number of aryl methyl sites for hydroxylation is 2. The number of fused-ring (bicyclic) bond motifs is 1. The Kier molecular flexibility index (Phi) is 2.00. The van der Waals surface area contributed by atoms with Gasteiger partial charge in [0, 0.05) is 18.6 Å². The summed E-state index contributed by atoms with van der Waals surface area (Å²) in [5.74, 6) is 0.800. The second-order valence-electron chi connectivity index (χ2n) is 3.11. The lowest BCUT2D eigenvalue weighted by atomic mass is 10.3. The molecule has 0 aromatic carbocycles. The lowest BCUT2D eigenvalue weighted by molar-refractivity contribution is 1.02. The van der Waals surface area contributed by atoms with Crippen LogP contribution in [0.2, 0.25) is 0 Å². The Bertz CT molecular complexity index is 415. The van der Waals surface area contributed by atoms with Gasteiger partial charge in [0.1, 0.15) is 0 Å². The molecule has 2 rings (SSSR count). The van der Waals surface area contributed by atoms with Gasteiger partial charge in [-0.15, -0.1) is 0 Å². The van der Waals surface area contributed by atoms with Crippen molar-refractivity contribution in [2.24, 2.45) is 0 Å². The standard InChI is InChI=1S/C10H13N3/c1-3-8-5-11-10-12-9(4-2)7-13(10)6-8/h5-7H,3-4H2,1-2H3. The van der Waals surface area contributed by atoms with E-state index in [1.54, 1.807) is 0 Å². The van der Waals surface area contributed by atoms with E-state index in [4.69, 9.17) is 0 Å². The van der Waals surface area contributed by atoms with Gasteiger partial charge in [-0.3, -0.25) is 4.40 Å². The topological polar surface area (TPSA) is 30.2 Å². The minimum absolute atomic E-state index is 0.800. The van der Waals surface area contributed by atoms with Crippen LogP contribution in [0.1, 0.15) is 25.1 Å². The molecule has 0 unspecified atom stereocenters. The molecular formula is C10H13N3. The average Bonchev–Trinajstić information content (AvgIpc) is 2.58. The largest absolute Gasteiger partial charge is 0.291 e. The molecule has 2 heterocycles. The van der Waals surface area contributed by atoms with Crippen LogP contribution in [-0.2, 0) is 12.8 Å². The van der Waals surface area contributed by atoms with E-state index in [0.29, 0.717) is 0 Å². The molecule has 0 saturated heterocycles. The van der Waals surface area contributed by atoms with Crippen LogP contribution < -0.4 is 0 Å². The number of nitrogens with zero attached hydrogens (tertiary/aromatic N) is 3. The quantitative estimate of drug-likeness (QED) is 0.697. The minimum atomic E-state index is 0.800. The zero-order chi connectivity index (χ0) is 9.26. The van der Waals surface area contributed by atoms with Crippen LogP contribution in [0.5, 0.6) is 0 Å². The molecule has 0 saturated carbocycles. The highest BCUT2D eigenvalue weighted by atomic mass is 15.1. The van der Waals surface area contributed by atoms with Crippen molar-refractivity contribution in [1.82, 2.24) is 14.4 Å². The van der Waals surface area contributed by atoms with Crippen molar-refractivity contribution >= 4 is 5.78 Å². The minimum Gasteiger partial charge on any atom is -0.291 e. The Morgan fingerprint density at radius 2 is 2.08 bits per heavy atom. The number of imidazole rings is 1. The van der Waals surface area contributed by atoms with Gasteiger partial charge in [-0.05, 0) is 18.4 Å². The molecule has 0 spiro atoms. The van der Waals surface area contributed by atoms with E-state index in [0.717, 1.165) is 24.3 Å². The number of hydrogen-bond acceptors (Lipinski definition) is 2. The summed E-state index contributed by atoms with van der Waals surface area (Å²) >= 11 is 0. The van der Waals surface area contributed by atoms with E-state index in [9.17, 15) is 0 Å². The van der Waals surface area contributed by atoms with Crippen molar-refractivity contribution in [2.75, 3.05) is 0 Å². The molecule has 3 nitrogen and oxygen atoms in total. The molecule has 13 heavy (non-hydrogen) atoms. The summed E-state index contributed by atoms with van der Waals surface area (Å²) in [6.07, 6.45) is 8.01. The first-order valence-corrected chi connectivity index (χ1v) is 4.66. The molecule has 3 heteroatoms. The van der Waals surface area contributed by atoms with Crippen LogP contribution >= 0.6 is 0 Å². The highest BCUT2D eigenvalue weighted by molar-refractivity contribution is 5.31. The molecule has 0 atom stereocenters. The Morgan fingerprint density at radius 1 is 1.23 bits per heavy atom. The second-order valence-corrected chi connectivity index (χ2v) is 3.11. The Labute approximate surface area is 77.4 Å². The normalized spacial score (nSPS) is 10.9. The molecule has 0 amide bonds. The van der Waals surface area contributed by atoms with E-state index < -0.39 is 0 Å². The van der Waals surface area contributed by atoms with E-state index in [-0.39, 0.29) is 0 Å². The Hall–Kier alpha value is -1.38. The summed E-state index contributed by atoms with van der Waals surface area (Å²) in [7, 11) is 0. The van der Waals surface area contributed by atoms with Gasteiger partial charge >= 0.3 is 0 Å². The zero-order valence-electron chi connectivity index (χ0n) is 7.99. The maximum absolute atomic E-state index is 4.36. The summed E-state index contributed by atoms with van der Waals surface area (Å²) in [6.45, 7) is 4.23. The number of hydrogen-bond donors (Lipinski definition) is 0. The molecule has 0 aliphatic carbocycles. The van der Waals surface area contributed by atoms with Gasteiger partial charge in [-0.2, -0.15) is 0 Å². The molecule has 0 bridgehead atoms. The first-order valence-electron chi connectivity index (χ1n) is 4.66. The molecule has 0 aliphatic rings. The van der Waals surface area contributed by atoms with Crippen molar-refractivity contribution in [3.63, 3.8) is 0 Å². The van der Waals surface area contributed by atoms with Crippen molar-refractivity contribution in [3.8, 4) is 0 Å². The van der Waals surface area contributed by atoms with E-state index in [1.165, 1.54) is 5.56 Å². The van der Waals surface area contributed by atoms with Gasteiger partial charge in [0.25, 0.3) is 0 Å². The summed E-state index contributed by atoms with van der Waals surface area (Å²) < 4.78 is 2.00. The van der Waals surface area contributed by atoms with Crippen LogP contribution in [0.25, 0.3) is 5.78 Å². The van der Waals surface area contributed by atoms with E-state index >= 15 is 0 Å². The first-order chi connectivity index (χ1) is 6.33. The third-order valence-electron chi connectivity index (χ3n) is 2.18. The monoisotopic (exact) mass is 175 g/mol. The average molecular weight is 175 g/mol. The fourth-order valence-corrected chi connectivity index (χ4v) is 1.33. The fraction of sp³-hybridized carbons (Fsp3) is 0.400. The van der Waals surface area contributed by atoms with Crippen LogP contribution in [0.15, 0.2) is 18.6 Å². The summed E-state index contributed by atoms with van der Waals surface area (Å²) in [6, 6.07) is 0. The Morgan fingerprint density at radius 3 is 2.77 bits per heavy atom. The summed E-state index contributed by atoms with van der Waals surface area (Å²) in [4.78, 5) is 8.63.